The molecule has 0 saturated heterocycles. The van der Waals surface area contributed by atoms with Gasteiger partial charge in [0.15, 0.2) is 6.29 Å². The number of carbonyl (C=O) groups is 1. The average molecular weight is 336 g/mol. The van der Waals surface area contributed by atoms with Gasteiger partial charge in [-0.1, -0.05) is 30.3 Å². The number of aldehydes is 1. The zero-order chi connectivity index (χ0) is 17.3. The summed E-state index contributed by atoms with van der Waals surface area (Å²) in [5.74, 6) is 0. The van der Waals surface area contributed by atoms with E-state index in [0.717, 1.165) is 5.39 Å². The van der Waals surface area contributed by atoms with E-state index in [1.807, 2.05) is 6.07 Å². The van der Waals surface area contributed by atoms with Gasteiger partial charge in [0.2, 0.25) is 0 Å². The van der Waals surface area contributed by atoms with Crippen LogP contribution in [0.3, 0.4) is 0 Å². The van der Waals surface area contributed by atoms with Crippen LogP contribution >= 0.6 is 0 Å². The van der Waals surface area contributed by atoms with Crippen molar-refractivity contribution in [2.45, 2.75) is 43.8 Å². The molecule has 2 rings (SSSR count). The normalized spacial score (nSPS) is 13.9. The Balaban J connectivity index is 2.52. The number of hydrogen-bond acceptors (Lipinski definition) is 5. The summed E-state index contributed by atoms with van der Waals surface area (Å²) in [5, 5.41) is 10.8. The van der Waals surface area contributed by atoms with Gasteiger partial charge in [-0.15, -0.1) is 0 Å². The predicted octanol–water partition coefficient (Wildman–Crippen LogP) is 2.91. The molecule has 0 aliphatic rings. The first-order valence-electron chi connectivity index (χ1n) is 7.27. The molecule has 0 aliphatic heterocycles. The lowest BCUT2D eigenvalue weighted by Gasteiger charge is -2.26. The van der Waals surface area contributed by atoms with E-state index in [9.17, 15) is 18.3 Å². The van der Waals surface area contributed by atoms with Gasteiger partial charge in [-0.3, -0.25) is 8.98 Å². The van der Waals surface area contributed by atoms with Crippen LogP contribution in [0.25, 0.3) is 10.8 Å². The van der Waals surface area contributed by atoms with Crippen molar-refractivity contribution in [3.05, 3.63) is 42.0 Å². The van der Waals surface area contributed by atoms with E-state index in [2.05, 4.69) is 0 Å². The molecule has 0 aromatic heterocycles. The number of fused-ring (bicyclic) bond motifs is 1. The minimum atomic E-state index is -4.14. The van der Waals surface area contributed by atoms with Gasteiger partial charge in [0.25, 0.3) is 10.1 Å². The second-order valence-corrected chi connectivity index (χ2v) is 7.68. The van der Waals surface area contributed by atoms with Gasteiger partial charge in [-0.25, -0.2) is 0 Å². The summed E-state index contributed by atoms with van der Waals surface area (Å²) in [7, 11) is -4.14. The fraction of sp³-hybridized carbons (Fsp3) is 0.353. The molecule has 1 unspecified atom stereocenters. The van der Waals surface area contributed by atoms with Crippen molar-refractivity contribution in [2.75, 3.05) is 0 Å². The fourth-order valence-corrected chi connectivity index (χ4v) is 4.12. The van der Waals surface area contributed by atoms with Crippen molar-refractivity contribution in [3.63, 3.8) is 0 Å². The van der Waals surface area contributed by atoms with Crippen molar-refractivity contribution in [3.8, 4) is 0 Å². The predicted molar refractivity (Wildman–Crippen MR) is 88.0 cm³/mol. The van der Waals surface area contributed by atoms with Crippen LogP contribution in [-0.4, -0.2) is 31.5 Å². The van der Waals surface area contributed by atoms with Crippen molar-refractivity contribution < 1.29 is 22.5 Å². The van der Waals surface area contributed by atoms with Crippen molar-refractivity contribution >= 4 is 27.2 Å². The minimum absolute atomic E-state index is 0.0796. The highest BCUT2D eigenvalue weighted by Crippen LogP contribution is 2.29. The highest BCUT2D eigenvalue weighted by Gasteiger charge is 2.31. The number of aliphatic hydroxyl groups is 1. The Hall–Kier alpha value is -1.76. The molecule has 0 radical (unpaired) electrons. The van der Waals surface area contributed by atoms with Crippen molar-refractivity contribution in [1.82, 2.24) is 0 Å². The van der Waals surface area contributed by atoms with E-state index in [0.29, 0.717) is 11.7 Å². The lowest BCUT2D eigenvalue weighted by Crippen LogP contribution is -2.32. The maximum Gasteiger partial charge on any atom is 0.298 e. The Morgan fingerprint density at radius 2 is 1.87 bits per heavy atom. The summed E-state index contributed by atoms with van der Waals surface area (Å²) in [6.07, 6.45) is -0.0291. The van der Waals surface area contributed by atoms with Gasteiger partial charge in [-0.05, 0) is 37.6 Å². The van der Waals surface area contributed by atoms with E-state index in [1.54, 1.807) is 45.0 Å². The molecule has 124 valence electrons. The Morgan fingerprint density at radius 1 is 1.22 bits per heavy atom. The van der Waals surface area contributed by atoms with Gasteiger partial charge < -0.3 is 5.11 Å². The number of benzene rings is 2. The first-order valence-corrected chi connectivity index (χ1v) is 8.68. The third-order valence-corrected chi connectivity index (χ3v) is 5.01. The molecule has 0 aliphatic carbocycles. The second kappa shape index (κ2) is 6.39. The zero-order valence-corrected chi connectivity index (χ0v) is 14.1. The first-order chi connectivity index (χ1) is 10.7. The van der Waals surface area contributed by atoms with E-state index in [1.165, 1.54) is 6.07 Å². The van der Waals surface area contributed by atoms with Crippen LogP contribution in [0.5, 0.6) is 0 Å². The van der Waals surface area contributed by atoms with Gasteiger partial charge in [-0.2, -0.15) is 8.42 Å². The fourth-order valence-electron chi connectivity index (χ4n) is 2.70. The number of rotatable bonds is 6. The van der Waals surface area contributed by atoms with Crippen LogP contribution in [0, 0.1) is 0 Å². The topological polar surface area (TPSA) is 80.7 Å². The molecule has 1 atom stereocenters. The molecule has 23 heavy (non-hydrogen) atoms. The Bertz CT molecular complexity index is 822. The van der Waals surface area contributed by atoms with Gasteiger partial charge in [0, 0.05) is 12.0 Å². The molecule has 0 amide bonds. The highest BCUT2D eigenvalue weighted by molar-refractivity contribution is 7.86. The lowest BCUT2D eigenvalue weighted by atomic mass is 10.0. The third-order valence-electron chi connectivity index (χ3n) is 3.44. The third kappa shape index (κ3) is 3.96. The number of hydrogen-bond donors (Lipinski definition) is 1. The maximum absolute atomic E-state index is 12.6. The standard InChI is InChI=1S/C17H20O5S/c1-12(19)10-17(2,3)22-23(20,21)16-9-8-13-6-4-5-7-14(13)15(16)11-18/h4-9,11-12,19H,10H2,1-3H3. The largest absolute Gasteiger partial charge is 0.393 e. The molecule has 0 fully saturated rings. The number of aliphatic hydroxyl groups excluding tert-OH is 1. The summed E-state index contributed by atoms with van der Waals surface area (Å²) in [6.45, 7) is 4.72. The van der Waals surface area contributed by atoms with Crippen LogP contribution in [0.4, 0.5) is 0 Å². The molecular formula is C17H20O5S. The summed E-state index contributed by atoms with van der Waals surface area (Å²) in [4.78, 5) is 11.3. The Morgan fingerprint density at radius 3 is 2.48 bits per heavy atom. The molecular weight excluding hydrogens is 316 g/mol. The van der Waals surface area contributed by atoms with Gasteiger partial charge >= 0.3 is 0 Å². The quantitative estimate of drug-likeness (QED) is 0.648. The molecule has 2 aromatic carbocycles. The molecule has 5 nitrogen and oxygen atoms in total. The minimum Gasteiger partial charge on any atom is -0.393 e. The number of carbonyl (C=O) groups excluding carboxylic acids is 1. The van der Waals surface area contributed by atoms with Crippen LogP contribution in [0.2, 0.25) is 0 Å². The van der Waals surface area contributed by atoms with Crippen LogP contribution in [0.15, 0.2) is 41.3 Å². The van der Waals surface area contributed by atoms with Crippen molar-refractivity contribution in [1.29, 1.82) is 0 Å². The molecule has 0 saturated carbocycles. The van der Waals surface area contributed by atoms with Crippen LogP contribution < -0.4 is 0 Å². The SMILES string of the molecule is CC(O)CC(C)(C)OS(=O)(=O)c1ccc2ccccc2c1C=O. The van der Waals surface area contributed by atoms with E-state index in [-0.39, 0.29) is 16.9 Å². The molecule has 0 heterocycles. The maximum atomic E-state index is 12.6. The first kappa shape index (κ1) is 17.6. The summed E-state index contributed by atoms with van der Waals surface area (Å²) < 4.78 is 30.4. The smallest absolute Gasteiger partial charge is 0.298 e. The second-order valence-electron chi connectivity index (χ2n) is 6.17. The van der Waals surface area contributed by atoms with E-state index in [4.69, 9.17) is 4.18 Å². The highest BCUT2D eigenvalue weighted by atomic mass is 32.2. The summed E-state index contributed by atoms with van der Waals surface area (Å²) in [5.41, 5.74) is -1.00. The molecule has 6 heteroatoms. The van der Waals surface area contributed by atoms with Crippen LogP contribution in [-0.2, 0) is 14.3 Å². The lowest BCUT2D eigenvalue weighted by molar-refractivity contribution is 0.0510. The molecule has 2 aromatic rings. The monoisotopic (exact) mass is 336 g/mol. The van der Waals surface area contributed by atoms with Gasteiger partial charge in [0.05, 0.1) is 11.7 Å². The Labute approximate surface area is 136 Å². The van der Waals surface area contributed by atoms with Crippen molar-refractivity contribution in [2.24, 2.45) is 0 Å². The average Bonchev–Trinajstić information content (AvgIpc) is 2.43. The molecule has 0 bridgehead atoms. The summed E-state index contributed by atoms with van der Waals surface area (Å²) >= 11 is 0. The van der Waals surface area contributed by atoms with E-state index >= 15 is 0 Å². The Kier molecular flexibility index (Phi) is 4.89. The zero-order valence-electron chi connectivity index (χ0n) is 13.3. The molecule has 0 spiro atoms. The summed E-state index contributed by atoms with van der Waals surface area (Å²) in [6, 6.07) is 10.1. The van der Waals surface area contributed by atoms with Gasteiger partial charge in [0.1, 0.15) is 4.90 Å². The molecule has 1 N–H and O–H groups in total. The van der Waals surface area contributed by atoms with Crippen LogP contribution in [0.1, 0.15) is 37.6 Å². The van der Waals surface area contributed by atoms with E-state index < -0.39 is 21.8 Å².